The molecule has 0 aliphatic carbocycles. The van der Waals surface area contributed by atoms with Crippen molar-refractivity contribution in [3.63, 3.8) is 0 Å². The molecule has 15 heteroatoms. The summed E-state index contributed by atoms with van der Waals surface area (Å²) < 4.78 is 37.9. The molecule has 15 nitrogen and oxygen atoms in total. The first-order valence-electron chi connectivity index (χ1n) is 23.2. The first-order valence-corrected chi connectivity index (χ1v) is 23.2. The zero-order chi connectivity index (χ0) is 47.0. The quantitative estimate of drug-likeness (QED) is 0.0950. The van der Waals surface area contributed by atoms with Crippen LogP contribution in [0.15, 0.2) is 35.5 Å². The van der Waals surface area contributed by atoms with Crippen LogP contribution >= 0.6 is 0 Å². The third-order valence-corrected chi connectivity index (χ3v) is 14.1. The maximum Gasteiger partial charge on any atom is 0.311 e. The van der Waals surface area contributed by atoms with Crippen molar-refractivity contribution in [1.82, 2.24) is 4.90 Å². The molecule has 3 aliphatic heterocycles. The zero-order valence-electron chi connectivity index (χ0n) is 40.3. The van der Waals surface area contributed by atoms with Gasteiger partial charge in [-0.1, -0.05) is 63.2 Å². The number of ether oxygens (including phenoxy) is 6. The van der Waals surface area contributed by atoms with Crippen LogP contribution in [0.2, 0.25) is 0 Å². The number of esters is 1. The standard InChI is InChI=1S/C48H82N2O13/c1-14-36-48(10,56)41(52)30(4)38(49-58-24-20-16-19-23-34-21-17-15-18-22-34)28(2)26-46(8,55)43(63-45-39(51)35(50(11)12)25-29(3)59-45)31(5)40(32(6)44(54)61-36)62-37-27-47(9,57-13)42(53)33(7)60-37/h15,17-18,21-22,28-33,35-37,39-43,45,51-53,55-56H,14,16,19-20,23-27H2,1-13H3/b49-38+/t28-,29-,30+,31+,32-,33+,35+,36-,37+,39-,40+,41-,42+,43-,45+,46-,47-,48-/m1/s1. The Hall–Kier alpha value is -2.28. The number of rotatable bonds is 14. The summed E-state index contributed by atoms with van der Waals surface area (Å²) in [6.07, 6.45) is -5.63. The van der Waals surface area contributed by atoms with Gasteiger partial charge in [0.25, 0.3) is 0 Å². The molecule has 5 N–H and O–H groups in total. The van der Waals surface area contributed by atoms with E-state index in [0.717, 1.165) is 25.7 Å². The van der Waals surface area contributed by atoms with Crippen LogP contribution in [-0.4, -0.2) is 154 Å². The van der Waals surface area contributed by atoms with Crippen LogP contribution in [0.4, 0.5) is 0 Å². The summed E-state index contributed by atoms with van der Waals surface area (Å²) in [5.41, 5.74) is -3.05. The second-order valence-corrected chi connectivity index (χ2v) is 19.7. The molecule has 3 aliphatic rings. The van der Waals surface area contributed by atoms with Gasteiger partial charge in [-0.3, -0.25) is 4.79 Å². The van der Waals surface area contributed by atoms with Crippen LogP contribution in [0.3, 0.4) is 0 Å². The van der Waals surface area contributed by atoms with Crippen LogP contribution in [-0.2, 0) is 44.5 Å². The predicted molar refractivity (Wildman–Crippen MR) is 239 cm³/mol. The Morgan fingerprint density at radius 3 is 2.16 bits per heavy atom. The molecule has 0 bridgehead atoms. The van der Waals surface area contributed by atoms with Gasteiger partial charge >= 0.3 is 5.97 Å². The normalized spacial score (nSPS) is 43.1. The molecule has 1 aromatic carbocycles. The molecule has 3 fully saturated rings. The van der Waals surface area contributed by atoms with Crippen LogP contribution in [0.25, 0.3) is 0 Å². The maximum absolute atomic E-state index is 14.4. The van der Waals surface area contributed by atoms with Gasteiger partial charge in [-0.05, 0) is 106 Å². The van der Waals surface area contributed by atoms with Gasteiger partial charge in [0.2, 0.25) is 0 Å². The minimum atomic E-state index is -1.94. The Balaban J connectivity index is 1.77. The lowest BCUT2D eigenvalue weighted by Crippen LogP contribution is -2.61. The fraction of sp³-hybridized carbons (Fsp3) is 0.833. The number of aliphatic hydroxyl groups is 5. The molecule has 3 saturated heterocycles. The number of oxime groups is 1. The average Bonchev–Trinajstić information content (AvgIpc) is 3.23. The van der Waals surface area contributed by atoms with Gasteiger partial charge in [0, 0.05) is 37.3 Å². The van der Waals surface area contributed by atoms with Crippen molar-refractivity contribution in [3.05, 3.63) is 35.9 Å². The highest BCUT2D eigenvalue weighted by Crippen LogP contribution is 2.41. The van der Waals surface area contributed by atoms with E-state index in [1.54, 1.807) is 48.5 Å². The summed E-state index contributed by atoms with van der Waals surface area (Å²) in [5.74, 6) is -3.97. The lowest BCUT2D eigenvalue weighted by molar-refractivity contribution is -0.317. The van der Waals surface area contributed by atoms with Crippen LogP contribution in [0.5, 0.6) is 0 Å². The lowest BCUT2D eigenvalue weighted by Gasteiger charge is -2.49. The predicted octanol–water partition coefficient (Wildman–Crippen LogP) is 5.00. The van der Waals surface area contributed by atoms with Gasteiger partial charge in [0.05, 0.1) is 53.4 Å². The number of benzene rings is 1. The van der Waals surface area contributed by atoms with E-state index >= 15 is 0 Å². The van der Waals surface area contributed by atoms with Crippen LogP contribution in [0, 0.1) is 23.7 Å². The summed E-state index contributed by atoms with van der Waals surface area (Å²) in [4.78, 5) is 22.3. The molecule has 18 atom stereocenters. The lowest BCUT2D eigenvalue weighted by atomic mass is 9.73. The molecule has 0 saturated carbocycles. The molecular weight excluding hydrogens is 813 g/mol. The third kappa shape index (κ3) is 13.2. The number of carbonyl (C=O) groups excluding carboxylic acids is 1. The Bertz CT molecular complexity index is 1580. The van der Waals surface area contributed by atoms with E-state index in [9.17, 15) is 30.3 Å². The number of hydrogen-bond donors (Lipinski definition) is 5. The van der Waals surface area contributed by atoms with Crippen molar-refractivity contribution in [2.24, 2.45) is 28.8 Å². The first kappa shape index (κ1) is 53.3. The number of methoxy groups -OCH3 is 1. The molecule has 0 radical (unpaired) electrons. The van der Waals surface area contributed by atoms with Crippen molar-refractivity contribution in [2.45, 2.75) is 205 Å². The Labute approximate surface area is 376 Å². The second kappa shape index (κ2) is 23.0. The number of carbonyl (C=O) groups is 1. The Kier molecular flexibility index (Phi) is 19.4. The molecule has 0 unspecified atom stereocenters. The van der Waals surface area contributed by atoms with Crippen molar-refractivity contribution in [2.75, 3.05) is 27.8 Å². The van der Waals surface area contributed by atoms with E-state index in [4.69, 9.17) is 33.3 Å². The van der Waals surface area contributed by atoms with E-state index in [1.807, 2.05) is 51.0 Å². The minimum Gasteiger partial charge on any atom is -0.459 e. The summed E-state index contributed by atoms with van der Waals surface area (Å²) in [7, 11) is 5.26. The number of aryl methyl sites for hydroxylation is 1. The topological polar surface area (TPSA) is 198 Å². The van der Waals surface area contributed by atoms with E-state index in [0.29, 0.717) is 18.7 Å². The maximum atomic E-state index is 14.4. The Morgan fingerprint density at radius 2 is 1.54 bits per heavy atom. The Morgan fingerprint density at radius 1 is 0.873 bits per heavy atom. The van der Waals surface area contributed by atoms with Gasteiger partial charge in [-0.2, -0.15) is 0 Å². The van der Waals surface area contributed by atoms with Crippen molar-refractivity contribution >= 4 is 11.7 Å². The van der Waals surface area contributed by atoms with Gasteiger partial charge in [0.15, 0.2) is 12.6 Å². The van der Waals surface area contributed by atoms with Gasteiger partial charge in [-0.15, -0.1) is 0 Å². The van der Waals surface area contributed by atoms with E-state index in [2.05, 4.69) is 17.3 Å². The molecule has 0 aromatic heterocycles. The fourth-order valence-corrected chi connectivity index (χ4v) is 10.0. The molecule has 362 valence electrons. The van der Waals surface area contributed by atoms with Crippen LogP contribution in [0.1, 0.15) is 120 Å². The second-order valence-electron chi connectivity index (χ2n) is 19.7. The van der Waals surface area contributed by atoms with Crippen molar-refractivity contribution in [3.8, 4) is 0 Å². The highest BCUT2D eigenvalue weighted by atomic mass is 16.7. The van der Waals surface area contributed by atoms with E-state index in [1.165, 1.54) is 19.6 Å². The molecule has 4 rings (SSSR count). The van der Waals surface area contributed by atoms with Gasteiger partial charge in [-0.25, -0.2) is 0 Å². The monoisotopic (exact) mass is 895 g/mol. The largest absolute Gasteiger partial charge is 0.459 e. The molecule has 1 aromatic rings. The van der Waals surface area contributed by atoms with Gasteiger partial charge in [0.1, 0.15) is 30.5 Å². The number of hydrogen-bond acceptors (Lipinski definition) is 15. The fourth-order valence-electron chi connectivity index (χ4n) is 10.0. The van der Waals surface area contributed by atoms with E-state index in [-0.39, 0.29) is 31.4 Å². The molecule has 3 heterocycles. The number of nitrogens with zero attached hydrogens (tertiary/aromatic N) is 2. The van der Waals surface area contributed by atoms with Gasteiger partial charge < -0.3 is 63.7 Å². The highest BCUT2D eigenvalue weighted by molar-refractivity contribution is 5.88. The number of unbranched alkanes of at least 4 members (excludes halogenated alkanes) is 2. The molecule has 63 heavy (non-hydrogen) atoms. The zero-order valence-corrected chi connectivity index (χ0v) is 40.3. The summed E-state index contributed by atoms with van der Waals surface area (Å²) in [6.45, 7) is 17.6. The summed E-state index contributed by atoms with van der Waals surface area (Å²) in [5, 5.41) is 64.3. The SMILES string of the molecule is CC[C@H]1OC(=O)[C@H](C)[C@@H](O[C@H]2C[C@@](C)(OC)[C@@H](O)[C@H](C)O2)[C@H](C)[C@@H](O[C@@H]2O[C@H](C)C[C@H](N(C)C)[C@H]2O)[C@](C)(O)C[C@@H](C)/C(=N\OCCCCCc2ccccc2)[C@H](C)[C@@H](O)[C@]1(C)O. The third-order valence-electron chi connectivity index (χ3n) is 14.1. The smallest absolute Gasteiger partial charge is 0.311 e. The number of likely N-dealkylation sites (N-methyl/N-ethyl adjacent to an activating group) is 1. The average molecular weight is 895 g/mol. The van der Waals surface area contributed by atoms with Crippen LogP contribution < -0.4 is 0 Å². The highest BCUT2D eigenvalue weighted by Gasteiger charge is 2.53. The summed E-state index contributed by atoms with van der Waals surface area (Å²) in [6, 6.07) is 9.98. The molecule has 0 spiro atoms. The first-order chi connectivity index (χ1) is 29.5. The van der Waals surface area contributed by atoms with Crippen molar-refractivity contribution < 1.29 is 63.6 Å². The number of cyclic esters (lactones) is 1. The van der Waals surface area contributed by atoms with Crippen molar-refractivity contribution in [1.29, 1.82) is 0 Å². The molecular formula is C48H82N2O13. The minimum absolute atomic E-state index is 0.0175. The van der Waals surface area contributed by atoms with E-state index < -0.39 is 102 Å². The number of aliphatic hydroxyl groups excluding tert-OH is 3. The molecule has 0 amide bonds. The summed E-state index contributed by atoms with van der Waals surface area (Å²) >= 11 is 0.